The Morgan fingerprint density at radius 1 is 1.59 bits per heavy atom. The molecule has 0 saturated carbocycles. The van der Waals surface area contributed by atoms with Crippen LogP contribution in [-0.4, -0.2) is 30.9 Å². The van der Waals surface area contributed by atoms with Crippen LogP contribution in [0.1, 0.15) is 35.8 Å². The molecule has 0 amide bonds. The van der Waals surface area contributed by atoms with Crippen molar-refractivity contribution in [3.05, 3.63) is 23.7 Å². The second kappa shape index (κ2) is 4.89. The van der Waals surface area contributed by atoms with Gasteiger partial charge in [0.1, 0.15) is 11.9 Å². The Balaban J connectivity index is 2.06. The monoisotopic (exact) mass is 240 g/mol. The molecule has 2 rings (SSSR count). The molecule has 1 aliphatic heterocycles. The van der Waals surface area contributed by atoms with Gasteiger partial charge in [-0.1, -0.05) is 0 Å². The predicted octanol–water partition coefficient (Wildman–Crippen LogP) is 1.52. The van der Waals surface area contributed by atoms with Gasteiger partial charge in [-0.2, -0.15) is 0 Å². The largest absolute Gasteiger partial charge is 0.463 e. The standard InChI is InChI=1S/C12H16O5/c1-7-5-8(6-16-7)11(13)9-3-4-10(17-9)12(14)15-2/h3-4,7-8,11,13H,5-6H2,1-2H3. The highest BCUT2D eigenvalue weighted by atomic mass is 16.5. The fourth-order valence-corrected chi connectivity index (χ4v) is 2.02. The van der Waals surface area contributed by atoms with Crippen LogP contribution in [0.2, 0.25) is 0 Å². The van der Waals surface area contributed by atoms with Crippen molar-refractivity contribution in [2.75, 3.05) is 13.7 Å². The molecule has 0 aromatic carbocycles. The van der Waals surface area contributed by atoms with Crippen LogP contribution >= 0.6 is 0 Å². The van der Waals surface area contributed by atoms with Crippen molar-refractivity contribution in [3.8, 4) is 0 Å². The fourth-order valence-electron chi connectivity index (χ4n) is 2.02. The number of hydrogen-bond donors (Lipinski definition) is 1. The summed E-state index contributed by atoms with van der Waals surface area (Å²) >= 11 is 0. The molecule has 1 aromatic heterocycles. The number of ether oxygens (including phenoxy) is 2. The molecule has 0 spiro atoms. The van der Waals surface area contributed by atoms with E-state index < -0.39 is 12.1 Å². The van der Waals surface area contributed by atoms with Gasteiger partial charge in [0.05, 0.1) is 19.8 Å². The number of carbonyl (C=O) groups excluding carboxylic acids is 1. The summed E-state index contributed by atoms with van der Waals surface area (Å²) in [6, 6.07) is 3.10. The summed E-state index contributed by atoms with van der Waals surface area (Å²) in [5.74, 6) is -0.0391. The molecular formula is C12H16O5. The van der Waals surface area contributed by atoms with Crippen LogP contribution in [0.3, 0.4) is 0 Å². The molecule has 3 atom stereocenters. The Labute approximate surface area is 99.3 Å². The van der Waals surface area contributed by atoms with E-state index in [1.165, 1.54) is 13.2 Å². The van der Waals surface area contributed by atoms with Crippen LogP contribution in [0.4, 0.5) is 0 Å². The van der Waals surface area contributed by atoms with Gasteiger partial charge in [0.25, 0.3) is 0 Å². The molecule has 5 nitrogen and oxygen atoms in total. The first-order chi connectivity index (χ1) is 8.11. The van der Waals surface area contributed by atoms with E-state index in [9.17, 15) is 9.90 Å². The molecule has 1 saturated heterocycles. The second-order valence-corrected chi connectivity index (χ2v) is 4.28. The number of hydrogen-bond acceptors (Lipinski definition) is 5. The molecule has 17 heavy (non-hydrogen) atoms. The van der Waals surface area contributed by atoms with Crippen LogP contribution in [0.5, 0.6) is 0 Å². The topological polar surface area (TPSA) is 68.9 Å². The number of aliphatic hydroxyl groups excluding tert-OH is 1. The third-order valence-electron chi connectivity index (χ3n) is 2.98. The first-order valence-corrected chi connectivity index (χ1v) is 5.59. The van der Waals surface area contributed by atoms with Crippen LogP contribution < -0.4 is 0 Å². The van der Waals surface area contributed by atoms with Gasteiger partial charge in [-0.3, -0.25) is 0 Å². The van der Waals surface area contributed by atoms with E-state index in [2.05, 4.69) is 4.74 Å². The van der Waals surface area contributed by atoms with E-state index in [0.29, 0.717) is 12.4 Å². The number of esters is 1. The van der Waals surface area contributed by atoms with Gasteiger partial charge >= 0.3 is 5.97 Å². The van der Waals surface area contributed by atoms with Gasteiger partial charge in [-0.25, -0.2) is 4.79 Å². The fraction of sp³-hybridized carbons (Fsp3) is 0.583. The van der Waals surface area contributed by atoms with E-state index in [1.807, 2.05) is 6.92 Å². The molecule has 94 valence electrons. The molecule has 3 unspecified atom stereocenters. The number of methoxy groups -OCH3 is 1. The van der Waals surface area contributed by atoms with Gasteiger partial charge < -0.3 is 19.0 Å². The minimum absolute atomic E-state index is 0.0154. The summed E-state index contributed by atoms with van der Waals surface area (Å²) in [6.45, 7) is 2.48. The maximum atomic E-state index is 11.2. The quantitative estimate of drug-likeness (QED) is 0.811. The zero-order valence-electron chi connectivity index (χ0n) is 9.88. The molecule has 1 fully saturated rings. The van der Waals surface area contributed by atoms with Crippen LogP contribution in [0.15, 0.2) is 16.5 Å². The maximum absolute atomic E-state index is 11.2. The molecule has 1 aliphatic rings. The number of furan rings is 1. The van der Waals surface area contributed by atoms with E-state index in [1.54, 1.807) is 6.07 Å². The second-order valence-electron chi connectivity index (χ2n) is 4.28. The van der Waals surface area contributed by atoms with Crippen molar-refractivity contribution in [1.29, 1.82) is 0 Å². The van der Waals surface area contributed by atoms with E-state index in [0.717, 1.165) is 6.42 Å². The normalized spacial score (nSPS) is 25.8. The number of carbonyl (C=O) groups is 1. The average Bonchev–Trinajstić information content (AvgIpc) is 2.95. The third kappa shape index (κ3) is 2.50. The highest BCUT2D eigenvalue weighted by molar-refractivity contribution is 5.86. The predicted molar refractivity (Wildman–Crippen MR) is 58.5 cm³/mol. The van der Waals surface area contributed by atoms with E-state index >= 15 is 0 Å². The lowest BCUT2D eigenvalue weighted by Gasteiger charge is -2.13. The first kappa shape index (κ1) is 12.1. The Morgan fingerprint density at radius 3 is 2.94 bits per heavy atom. The SMILES string of the molecule is COC(=O)c1ccc(C(O)C2COC(C)C2)o1. The van der Waals surface area contributed by atoms with Gasteiger partial charge in [0.2, 0.25) is 5.76 Å². The van der Waals surface area contributed by atoms with Crippen LogP contribution in [0, 0.1) is 5.92 Å². The molecule has 0 radical (unpaired) electrons. The Hall–Kier alpha value is -1.33. The number of aliphatic hydroxyl groups is 1. The summed E-state index contributed by atoms with van der Waals surface area (Å²) in [7, 11) is 1.29. The highest BCUT2D eigenvalue weighted by Gasteiger charge is 2.31. The minimum Gasteiger partial charge on any atom is -0.463 e. The highest BCUT2D eigenvalue weighted by Crippen LogP contribution is 2.32. The Bertz CT molecular complexity index is 397. The summed E-state index contributed by atoms with van der Waals surface area (Å²) in [4.78, 5) is 11.2. The number of rotatable bonds is 3. The zero-order chi connectivity index (χ0) is 12.4. The third-order valence-corrected chi connectivity index (χ3v) is 2.98. The van der Waals surface area contributed by atoms with Gasteiger partial charge in [-0.05, 0) is 25.5 Å². The van der Waals surface area contributed by atoms with Crippen molar-refractivity contribution in [2.24, 2.45) is 5.92 Å². The van der Waals surface area contributed by atoms with Crippen molar-refractivity contribution >= 4 is 5.97 Å². The summed E-state index contributed by atoms with van der Waals surface area (Å²) < 4.78 is 15.2. The molecule has 5 heteroatoms. The minimum atomic E-state index is -0.738. The molecule has 1 aromatic rings. The molecule has 0 aliphatic carbocycles. The first-order valence-electron chi connectivity index (χ1n) is 5.59. The van der Waals surface area contributed by atoms with Crippen molar-refractivity contribution in [1.82, 2.24) is 0 Å². The summed E-state index contributed by atoms with van der Waals surface area (Å²) in [5, 5.41) is 10.1. The smallest absolute Gasteiger partial charge is 0.373 e. The lowest BCUT2D eigenvalue weighted by atomic mass is 9.98. The molecular weight excluding hydrogens is 224 g/mol. The maximum Gasteiger partial charge on any atom is 0.373 e. The van der Waals surface area contributed by atoms with Gasteiger partial charge in [-0.15, -0.1) is 0 Å². The van der Waals surface area contributed by atoms with E-state index in [4.69, 9.17) is 9.15 Å². The molecule has 2 heterocycles. The van der Waals surface area contributed by atoms with Gasteiger partial charge in [0, 0.05) is 5.92 Å². The molecule has 0 bridgehead atoms. The van der Waals surface area contributed by atoms with Crippen molar-refractivity contribution in [2.45, 2.75) is 25.6 Å². The van der Waals surface area contributed by atoms with Crippen molar-refractivity contribution in [3.63, 3.8) is 0 Å². The summed E-state index contributed by atoms with van der Waals surface area (Å²) in [6.07, 6.45) is 0.207. The summed E-state index contributed by atoms with van der Waals surface area (Å²) in [5.41, 5.74) is 0. The Kier molecular flexibility index (Phi) is 3.49. The lowest BCUT2D eigenvalue weighted by Crippen LogP contribution is -2.12. The van der Waals surface area contributed by atoms with E-state index in [-0.39, 0.29) is 17.8 Å². The average molecular weight is 240 g/mol. The van der Waals surface area contributed by atoms with Crippen LogP contribution in [0.25, 0.3) is 0 Å². The van der Waals surface area contributed by atoms with Crippen molar-refractivity contribution < 1.29 is 23.8 Å². The zero-order valence-corrected chi connectivity index (χ0v) is 9.88. The van der Waals surface area contributed by atoms with Crippen LogP contribution in [-0.2, 0) is 9.47 Å². The molecule has 1 N–H and O–H groups in total. The van der Waals surface area contributed by atoms with Gasteiger partial charge in [0.15, 0.2) is 0 Å². The Morgan fingerprint density at radius 2 is 2.35 bits per heavy atom. The lowest BCUT2D eigenvalue weighted by molar-refractivity contribution is 0.0520.